The Morgan fingerprint density at radius 1 is 1.32 bits per heavy atom. The molecule has 5 rings (SSSR count). The van der Waals surface area contributed by atoms with Gasteiger partial charge in [-0.05, 0) is 44.5 Å². The fourth-order valence-corrected chi connectivity index (χ4v) is 7.02. The molecule has 0 radical (unpaired) electrons. The lowest BCUT2D eigenvalue weighted by atomic mass is 9.64. The van der Waals surface area contributed by atoms with Gasteiger partial charge in [0.2, 0.25) is 0 Å². The maximum absolute atomic E-state index is 11.8. The number of rotatable bonds is 2. The summed E-state index contributed by atoms with van der Waals surface area (Å²) < 4.78 is 18.4. The topological polar surface area (TPSA) is 48.1 Å². The van der Waals surface area contributed by atoms with Crippen LogP contribution in [-0.2, 0) is 18.7 Å². The molecule has 5 heteroatoms. The van der Waals surface area contributed by atoms with Crippen molar-refractivity contribution in [3.8, 4) is 0 Å². The number of ether oxygens (including phenoxy) is 2. The number of epoxide rings is 1. The van der Waals surface area contributed by atoms with Crippen LogP contribution in [0.1, 0.15) is 19.3 Å². The van der Waals surface area contributed by atoms with Gasteiger partial charge in [0.1, 0.15) is 6.10 Å². The Hall–Kier alpha value is -0.653. The van der Waals surface area contributed by atoms with Crippen molar-refractivity contribution in [2.24, 2.45) is 23.2 Å². The first-order valence-electron chi connectivity index (χ1n) is 8.61. The van der Waals surface area contributed by atoms with Gasteiger partial charge in [0, 0.05) is 23.7 Å². The molecular formula is C17H24O4Si. The quantitative estimate of drug-likeness (QED) is 0.339. The third-order valence-corrected chi connectivity index (χ3v) is 7.44. The molecular weight excluding hydrogens is 296 g/mol. The second-order valence-corrected chi connectivity index (χ2v) is 13.2. The Morgan fingerprint density at radius 2 is 2.14 bits per heavy atom. The highest BCUT2D eigenvalue weighted by Gasteiger charge is 2.75. The highest BCUT2D eigenvalue weighted by molar-refractivity contribution is 6.69. The van der Waals surface area contributed by atoms with E-state index in [9.17, 15) is 4.79 Å². The highest BCUT2D eigenvalue weighted by atomic mass is 28.4. The highest BCUT2D eigenvalue weighted by Crippen LogP contribution is 2.70. The fraction of sp³-hybridized carbons (Fsp3) is 0.824. The smallest absolute Gasteiger partial charge is 0.306 e. The van der Waals surface area contributed by atoms with Crippen LogP contribution in [0.25, 0.3) is 0 Å². The Morgan fingerprint density at radius 3 is 2.91 bits per heavy atom. The Balaban J connectivity index is 1.61. The Bertz CT molecular complexity index is 567. The minimum Gasteiger partial charge on any atom is -0.457 e. The second kappa shape index (κ2) is 4.05. The summed E-state index contributed by atoms with van der Waals surface area (Å²) in [5.41, 5.74) is -0.0335. The maximum atomic E-state index is 11.8. The molecule has 2 aliphatic heterocycles. The summed E-state index contributed by atoms with van der Waals surface area (Å²) >= 11 is 0. The molecule has 2 bridgehead atoms. The van der Waals surface area contributed by atoms with Crippen LogP contribution in [0.2, 0.25) is 19.6 Å². The van der Waals surface area contributed by atoms with Gasteiger partial charge >= 0.3 is 5.97 Å². The van der Waals surface area contributed by atoms with Gasteiger partial charge in [-0.25, -0.2) is 0 Å². The average Bonchev–Trinajstić information content (AvgIpc) is 3.05. The molecule has 2 saturated carbocycles. The van der Waals surface area contributed by atoms with Gasteiger partial charge in [-0.15, -0.1) is 0 Å². The summed E-state index contributed by atoms with van der Waals surface area (Å²) in [5.74, 6) is 1.60. The molecule has 1 spiro atoms. The van der Waals surface area contributed by atoms with Gasteiger partial charge in [0.15, 0.2) is 8.32 Å². The average molecular weight is 320 g/mol. The van der Waals surface area contributed by atoms with E-state index in [2.05, 4.69) is 31.8 Å². The normalized spacial score (nSPS) is 54.5. The molecule has 3 aliphatic carbocycles. The standard InChI is InChI=1S/C17H24O4Si/c1-22(2,3)21-16-9-4-5-12-17(16,7-6-13(18)20-12)14-10(9)8-11-15(14)19-11/h4-5,9-12,14-16H,6-8H2,1-3H3/t9-,10+,11+,12+,14-,15+,16+,17+/m0/s1. The first kappa shape index (κ1) is 13.8. The van der Waals surface area contributed by atoms with Gasteiger partial charge in [0.05, 0.1) is 18.3 Å². The van der Waals surface area contributed by atoms with E-state index in [-0.39, 0.29) is 23.6 Å². The van der Waals surface area contributed by atoms with Crippen molar-refractivity contribution in [3.63, 3.8) is 0 Å². The number of hydrogen-bond acceptors (Lipinski definition) is 4. The zero-order valence-corrected chi connectivity index (χ0v) is 14.5. The molecule has 2 saturated heterocycles. The third-order valence-electron chi connectivity index (χ3n) is 6.47. The summed E-state index contributed by atoms with van der Waals surface area (Å²) in [5, 5.41) is 0. The monoisotopic (exact) mass is 320 g/mol. The van der Waals surface area contributed by atoms with Crippen LogP contribution in [0.15, 0.2) is 12.2 Å². The molecule has 4 nitrogen and oxygen atoms in total. The lowest BCUT2D eigenvalue weighted by molar-refractivity contribution is -0.175. The summed E-state index contributed by atoms with van der Waals surface area (Å²) in [4.78, 5) is 11.8. The largest absolute Gasteiger partial charge is 0.457 e. The van der Waals surface area contributed by atoms with Crippen LogP contribution in [0.4, 0.5) is 0 Å². The van der Waals surface area contributed by atoms with E-state index in [1.54, 1.807) is 0 Å². The lowest BCUT2D eigenvalue weighted by Gasteiger charge is -2.50. The van der Waals surface area contributed by atoms with Crippen molar-refractivity contribution in [2.75, 3.05) is 0 Å². The van der Waals surface area contributed by atoms with Crippen LogP contribution in [0.5, 0.6) is 0 Å². The molecule has 0 aromatic carbocycles. The molecule has 22 heavy (non-hydrogen) atoms. The van der Waals surface area contributed by atoms with Crippen LogP contribution in [-0.4, -0.2) is 38.7 Å². The number of carbonyl (C=O) groups is 1. The van der Waals surface area contributed by atoms with Gasteiger partial charge in [-0.2, -0.15) is 0 Å². The minimum absolute atomic E-state index is 0.0335. The molecule has 8 atom stereocenters. The Kier molecular flexibility index (Phi) is 2.53. The van der Waals surface area contributed by atoms with E-state index in [1.807, 2.05) is 0 Å². The van der Waals surface area contributed by atoms with E-state index in [4.69, 9.17) is 13.9 Å². The van der Waals surface area contributed by atoms with E-state index >= 15 is 0 Å². The maximum Gasteiger partial charge on any atom is 0.306 e. The van der Waals surface area contributed by atoms with Crippen molar-refractivity contribution in [3.05, 3.63) is 12.2 Å². The van der Waals surface area contributed by atoms with Crippen LogP contribution in [0.3, 0.4) is 0 Å². The SMILES string of the molecule is C[Si](C)(C)O[C@@H]1[C@H]2C=C[C@H]3OC(=O)CC[C@@]13[C@H]1[C@@H]2C[C@H]2O[C@@H]12. The van der Waals surface area contributed by atoms with Gasteiger partial charge < -0.3 is 13.9 Å². The summed E-state index contributed by atoms with van der Waals surface area (Å²) in [7, 11) is -1.66. The van der Waals surface area contributed by atoms with Crippen LogP contribution < -0.4 is 0 Å². The first-order chi connectivity index (χ1) is 10.4. The Labute approximate surface area is 132 Å². The fourth-order valence-electron chi connectivity index (χ4n) is 5.89. The molecule has 0 aromatic heterocycles. The van der Waals surface area contributed by atoms with Gasteiger partial charge in [-0.3, -0.25) is 4.79 Å². The predicted molar refractivity (Wildman–Crippen MR) is 82.7 cm³/mol. The van der Waals surface area contributed by atoms with Crippen molar-refractivity contribution >= 4 is 14.3 Å². The molecule has 4 fully saturated rings. The second-order valence-electron chi connectivity index (χ2n) is 8.70. The van der Waals surface area contributed by atoms with Crippen molar-refractivity contribution in [2.45, 2.75) is 63.3 Å². The molecule has 2 heterocycles. The summed E-state index contributed by atoms with van der Waals surface area (Å²) in [6.07, 6.45) is 8.01. The zero-order valence-electron chi connectivity index (χ0n) is 13.5. The number of esters is 1. The molecule has 0 amide bonds. The number of carbonyl (C=O) groups excluding carboxylic acids is 1. The van der Waals surface area contributed by atoms with E-state index < -0.39 is 8.32 Å². The van der Waals surface area contributed by atoms with Gasteiger partial charge in [-0.1, -0.05) is 6.08 Å². The number of hydrogen-bond donors (Lipinski definition) is 0. The first-order valence-corrected chi connectivity index (χ1v) is 12.0. The van der Waals surface area contributed by atoms with Crippen molar-refractivity contribution in [1.82, 2.24) is 0 Å². The van der Waals surface area contributed by atoms with Crippen LogP contribution >= 0.6 is 0 Å². The summed E-state index contributed by atoms with van der Waals surface area (Å²) in [6.45, 7) is 6.78. The van der Waals surface area contributed by atoms with E-state index in [1.165, 1.54) is 0 Å². The predicted octanol–water partition coefficient (Wildman–Crippen LogP) is 2.50. The van der Waals surface area contributed by atoms with Gasteiger partial charge in [0.25, 0.3) is 0 Å². The lowest BCUT2D eigenvalue weighted by Crippen LogP contribution is -2.56. The van der Waals surface area contributed by atoms with Crippen molar-refractivity contribution in [1.29, 1.82) is 0 Å². The van der Waals surface area contributed by atoms with Crippen LogP contribution in [0, 0.1) is 23.2 Å². The minimum atomic E-state index is -1.66. The molecule has 120 valence electrons. The molecule has 0 unspecified atom stereocenters. The van der Waals surface area contributed by atoms with Crippen molar-refractivity contribution < 1.29 is 18.7 Å². The van der Waals surface area contributed by atoms with E-state index in [0.29, 0.717) is 36.4 Å². The molecule has 5 aliphatic rings. The third kappa shape index (κ3) is 1.62. The summed E-state index contributed by atoms with van der Waals surface area (Å²) in [6, 6.07) is 0. The zero-order chi connectivity index (χ0) is 15.3. The molecule has 0 N–H and O–H groups in total. The number of fused-ring (bicyclic) bond motifs is 5. The molecule has 0 aromatic rings. The van der Waals surface area contributed by atoms with E-state index in [0.717, 1.165) is 12.8 Å².